The first-order valence-corrected chi connectivity index (χ1v) is 7.50. The Morgan fingerprint density at radius 2 is 2.17 bits per heavy atom. The van der Waals surface area contributed by atoms with Gasteiger partial charge < -0.3 is 10.6 Å². The maximum absolute atomic E-state index is 5.95. The van der Waals surface area contributed by atoms with Crippen LogP contribution < -0.4 is 10.6 Å². The molecule has 0 bridgehead atoms. The Balaban J connectivity index is 2.36. The van der Waals surface area contributed by atoms with Gasteiger partial charge in [0.05, 0.1) is 0 Å². The minimum absolute atomic E-state index is 0.144. The van der Waals surface area contributed by atoms with Gasteiger partial charge in [0.1, 0.15) is 0 Å². The lowest BCUT2D eigenvalue weighted by Gasteiger charge is -2.49. The summed E-state index contributed by atoms with van der Waals surface area (Å²) in [6.45, 7) is 8.74. The van der Waals surface area contributed by atoms with Crippen LogP contribution in [-0.4, -0.2) is 18.6 Å². The normalized spacial score (nSPS) is 23.2. The summed E-state index contributed by atoms with van der Waals surface area (Å²) in [6.07, 6.45) is 2.48. The standard InChI is InChI=1S/C15H23BrN2/c1-11-9-13(16)6-7-14(11)18-8-4-5-12(10-17)15(18,2)3/h6-7,9,12H,4-5,8,10,17H2,1-3H3. The highest BCUT2D eigenvalue weighted by Gasteiger charge is 2.38. The van der Waals surface area contributed by atoms with Crippen molar-refractivity contribution in [1.29, 1.82) is 0 Å². The summed E-state index contributed by atoms with van der Waals surface area (Å²) in [6, 6.07) is 6.54. The van der Waals surface area contributed by atoms with Crippen LogP contribution in [0.15, 0.2) is 22.7 Å². The van der Waals surface area contributed by atoms with Gasteiger partial charge >= 0.3 is 0 Å². The second-order valence-electron chi connectivity index (χ2n) is 5.81. The number of rotatable bonds is 2. The van der Waals surface area contributed by atoms with Crippen molar-refractivity contribution in [3.05, 3.63) is 28.2 Å². The van der Waals surface area contributed by atoms with Gasteiger partial charge in [-0.05, 0) is 69.8 Å². The summed E-state index contributed by atoms with van der Waals surface area (Å²) in [5, 5.41) is 0. The summed E-state index contributed by atoms with van der Waals surface area (Å²) in [5.74, 6) is 0.578. The lowest BCUT2D eigenvalue weighted by Crippen LogP contribution is -2.55. The molecule has 1 aliphatic heterocycles. The summed E-state index contributed by atoms with van der Waals surface area (Å²) >= 11 is 3.54. The third kappa shape index (κ3) is 2.43. The zero-order valence-electron chi connectivity index (χ0n) is 11.5. The van der Waals surface area contributed by atoms with Crippen LogP contribution in [0.2, 0.25) is 0 Å². The quantitative estimate of drug-likeness (QED) is 0.902. The van der Waals surface area contributed by atoms with E-state index in [1.807, 2.05) is 0 Å². The summed E-state index contributed by atoms with van der Waals surface area (Å²) in [7, 11) is 0. The molecule has 1 aromatic rings. The van der Waals surface area contributed by atoms with Gasteiger partial charge in [-0.3, -0.25) is 0 Å². The molecule has 0 aliphatic carbocycles. The molecule has 0 radical (unpaired) electrons. The van der Waals surface area contributed by atoms with Crippen LogP contribution >= 0.6 is 15.9 Å². The molecule has 1 unspecified atom stereocenters. The van der Waals surface area contributed by atoms with Crippen LogP contribution in [0.3, 0.4) is 0 Å². The number of anilines is 1. The molecule has 100 valence electrons. The Morgan fingerprint density at radius 1 is 1.44 bits per heavy atom. The van der Waals surface area contributed by atoms with Crippen LogP contribution in [0.1, 0.15) is 32.3 Å². The summed E-state index contributed by atoms with van der Waals surface area (Å²) in [5.41, 5.74) is 8.77. The van der Waals surface area contributed by atoms with Gasteiger partial charge in [-0.15, -0.1) is 0 Å². The number of hydrogen-bond donors (Lipinski definition) is 1. The van der Waals surface area contributed by atoms with Crippen molar-refractivity contribution in [2.24, 2.45) is 11.7 Å². The third-order valence-electron chi connectivity index (χ3n) is 4.36. The van der Waals surface area contributed by atoms with Crippen LogP contribution in [0.4, 0.5) is 5.69 Å². The predicted octanol–water partition coefficient (Wildman–Crippen LogP) is 3.71. The molecule has 0 aromatic heterocycles. The zero-order valence-corrected chi connectivity index (χ0v) is 13.1. The maximum atomic E-state index is 5.95. The largest absolute Gasteiger partial charge is 0.366 e. The van der Waals surface area contributed by atoms with Gasteiger partial charge in [0.15, 0.2) is 0 Å². The molecule has 1 aliphatic rings. The monoisotopic (exact) mass is 310 g/mol. The molecule has 1 heterocycles. The highest BCUT2D eigenvalue weighted by molar-refractivity contribution is 9.10. The molecule has 1 aromatic carbocycles. The van der Waals surface area contributed by atoms with Crippen molar-refractivity contribution in [3.63, 3.8) is 0 Å². The number of aryl methyl sites for hydroxylation is 1. The van der Waals surface area contributed by atoms with E-state index in [-0.39, 0.29) is 5.54 Å². The molecule has 0 saturated carbocycles. The fraction of sp³-hybridized carbons (Fsp3) is 0.600. The second-order valence-corrected chi connectivity index (χ2v) is 6.73. The molecule has 1 fully saturated rings. The Bertz CT molecular complexity index is 429. The van der Waals surface area contributed by atoms with Gasteiger partial charge in [0.25, 0.3) is 0 Å². The van der Waals surface area contributed by atoms with E-state index in [1.165, 1.54) is 24.1 Å². The SMILES string of the molecule is Cc1cc(Br)ccc1N1CCCC(CN)C1(C)C. The van der Waals surface area contributed by atoms with E-state index in [2.05, 4.69) is 59.8 Å². The molecule has 0 amide bonds. The van der Waals surface area contributed by atoms with Crippen LogP contribution in [0.25, 0.3) is 0 Å². The second kappa shape index (κ2) is 5.22. The molecular weight excluding hydrogens is 288 g/mol. The fourth-order valence-electron chi connectivity index (χ4n) is 3.12. The molecule has 18 heavy (non-hydrogen) atoms. The summed E-state index contributed by atoms with van der Waals surface area (Å²) < 4.78 is 1.15. The Hall–Kier alpha value is -0.540. The van der Waals surface area contributed by atoms with Crippen molar-refractivity contribution in [3.8, 4) is 0 Å². The average Bonchev–Trinajstić information content (AvgIpc) is 2.29. The van der Waals surface area contributed by atoms with Gasteiger partial charge in [-0.1, -0.05) is 15.9 Å². The predicted molar refractivity (Wildman–Crippen MR) is 82.1 cm³/mol. The Morgan fingerprint density at radius 3 is 2.78 bits per heavy atom. The van der Waals surface area contributed by atoms with Crippen molar-refractivity contribution in [2.45, 2.75) is 39.2 Å². The zero-order chi connectivity index (χ0) is 13.3. The first-order valence-electron chi connectivity index (χ1n) is 6.70. The van der Waals surface area contributed by atoms with E-state index in [0.29, 0.717) is 5.92 Å². The minimum atomic E-state index is 0.144. The highest BCUT2D eigenvalue weighted by atomic mass is 79.9. The van der Waals surface area contributed by atoms with Crippen molar-refractivity contribution in [1.82, 2.24) is 0 Å². The molecule has 2 rings (SSSR count). The number of nitrogens with two attached hydrogens (primary N) is 1. The Labute approximate surface area is 119 Å². The number of nitrogens with zero attached hydrogens (tertiary/aromatic N) is 1. The minimum Gasteiger partial charge on any atom is -0.366 e. The number of piperidine rings is 1. The van der Waals surface area contributed by atoms with Gasteiger partial charge in [-0.2, -0.15) is 0 Å². The molecule has 1 saturated heterocycles. The molecule has 1 atom stereocenters. The highest BCUT2D eigenvalue weighted by Crippen LogP contribution is 2.38. The molecule has 2 nitrogen and oxygen atoms in total. The first kappa shape index (κ1) is 13.9. The Kier molecular flexibility index (Phi) is 4.02. The molecule has 0 spiro atoms. The van der Waals surface area contributed by atoms with Crippen LogP contribution in [0, 0.1) is 12.8 Å². The third-order valence-corrected chi connectivity index (χ3v) is 4.86. The van der Waals surface area contributed by atoms with E-state index in [0.717, 1.165) is 17.6 Å². The molecular formula is C15H23BrN2. The number of halogens is 1. The van der Waals surface area contributed by atoms with E-state index < -0.39 is 0 Å². The first-order chi connectivity index (χ1) is 8.46. The number of benzene rings is 1. The van der Waals surface area contributed by atoms with Crippen molar-refractivity contribution < 1.29 is 0 Å². The van der Waals surface area contributed by atoms with Crippen LogP contribution in [-0.2, 0) is 0 Å². The van der Waals surface area contributed by atoms with E-state index in [1.54, 1.807) is 0 Å². The van der Waals surface area contributed by atoms with Gasteiger partial charge in [-0.25, -0.2) is 0 Å². The summed E-state index contributed by atoms with van der Waals surface area (Å²) in [4.78, 5) is 2.54. The van der Waals surface area contributed by atoms with E-state index in [4.69, 9.17) is 5.73 Å². The van der Waals surface area contributed by atoms with E-state index >= 15 is 0 Å². The lowest BCUT2D eigenvalue weighted by molar-refractivity contribution is 0.244. The smallest absolute Gasteiger partial charge is 0.0401 e. The maximum Gasteiger partial charge on any atom is 0.0401 e. The molecule has 3 heteroatoms. The van der Waals surface area contributed by atoms with E-state index in [9.17, 15) is 0 Å². The fourth-order valence-corrected chi connectivity index (χ4v) is 3.59. The van der Waals surface area contributed by atoms with Crippen LogP contribution in [0.5, 0.6) is 0 Å². The van der Waals surface area contributed by atoms with Gasteiger partial charge in [0.2, 0.25) is 0 Å². The van der Waals surface area contributed by atoms with Crippen molar-refractivity contribution in [2.75, 3.05) is 18.0 Å². The topological polar surface area (TPSA) is 29.3 Å². The number of hydrogen-bond acceptors (Lipinski definition) is 2. The average molecular weight is 311 g/mol. The van der Waals surface area contributed by atoms with Crippen molar-refractivity contribution >= 4 is 21.6 Å². The van der Waals surface area contributed by atoms with Gasteiger partial charge in [0, 0.05) is 22.2 Å². The molecule has 2 N–H and O–H groups in total. The lowest BCUT2D eigenvalue weighted by atomic mass is 9.78.